The number of hydrogen-bond donors (Lipinski definition) is 1. The number of benzene rings is 2. The van der Waals surface area contributed by atoms with Crippen molar-refractivity contribution in [2.75, 3.05) is 19.0 Å². The van der Waals surface area contributed by atoms with E-state index in [9.17, 15) is 4.79 Å². The molecule has 1 aliphatic heterocycles. The van der Waals surface area contributed by atoms with Gasteiger partial charge in [0.1, 0.15) is 17.3 Å². The Labute approximate surface area is 157 Å². The molecule has 1 aromatic heterocycles. The molecule has 1 atom stereocenters. The molecule has 0 radical (unpaired) electrons. The van der Waals surface area contributed by atoms with E-state index in [0.717, 1.165) is 28.3 Å². The van der Waals surface area contributed by atoms with Gasteiger partial charge in [-0.25, -0.2) is 4.68 Å². The minimum absolute atomic E-state index is 0.0333. The molecule has 2 aromatic carbocycles. The molecule has 1 aliphatic rings. The van der Waals surface area contributed by atoms with Crippen LogP contribution in [0.5, 0.6) is 11.5 Å². The number of amides is 1. The molecule has 3 aromatic rings. The summed E-state index contributed by atoms with van der Waals surface area (Å²) in [5, 5.41) is 7.51. The molecular weight excluding hydrogens is 342 g/mol. The largest absolute Gasteiger partial charge is 0.497 e. The minimum atomic E-state index is -0.0940. The third-order valence-electron chi connectivity index (χ3n) is 4.73. The van der Waals surface area contributed by atoms with Crippen LogP contribution in [0, 0.1) is 0 Å². The number of nitrogens with zero attached hydrogens (tertiary/aromatic N) is 2. The minimum Gasteiger partial charge on any atom is -0.497 e. The average Bonchev–Trinajstić information content (AvgIpc) is 3.12. The maximum absolute atomic E-state index is 12.4. The summed E-state index contributed by atoms with van der Waals surface area (Å²) >= 11 is 0. The third kappa shape index (κ3) is 3.14. The van der Waals surface area contributed by atoms with Crippen LogP contribution in [0.15, 0.2) is 54.7 Å². The molecule has 0 aliphatic carbocycles. The van der Waals surface area contributed by atoms with Gasteiger partial charge in [-0.15, -0.1) is 0 Å². The fraction of sp³-hybridized carbons (Fsp3) is 0.238. The number of ether oxygens (including phenoxy) is 2. The summed E-state index contributed by atoms with van der Waals surface area (Å²) in [5.74, 6) is 2.15. The van der Waals surface area contributed by atoms with Crippen LogP contribution in [-0.4, -0.2) is 29.4 Å². The maximum atomic E-state index is 12.4. The Balaban J connectivity index is 1.78. The zero-order chi connectivity index (χ0) is 18.8. The molecule has 1 amide bonds. The highest BCUT2D eigenvalue weighted by Crippen LogP contribution is 2.41. The van der Waals surface area contributed by atoms with E-state index >= 15 is 0 Å². The summed E-state index contributed by atoms with van der Waals surface area (Å²) in [6.45, 7) is 2.53. The van der Waals surface area contributed by atoms with Gasteiger partial charge in [0, 0.05) is 23.5 Å². The number of nitrogens with one attached hydrogen (secondary N) is 1. The van der Waals surface area contributed by atoms with Gasteiger partial charge in [0.15, 0.2) is 0 Å². The lowest BCUT2D eigenvalue weighted by atomic mass is 9.87. The van der Waals surface area contributed by atoms with Crippen LogP contribution in [-0.2, 0) is 4.79 Å². The van der Waals surface area contributed by atoms with E-state index in [-0.39, 0.29) is 11.8 Å². The van der Waals surface area contributed by atoms with E-state index in [2.05, 4.69) is 10.4 Å². The Kier molecular flexibility index (Phi) is 4.54. The number of aromatic nitrogens is 2. The number of carbonyl (C=O) groups is 1. The van der Waals surface area contributed by atoms with Crippen LogP contribution in [0.4, 0.5) is 5.82 Å². The highest BCUT2D eigenvalue weighted by Gasteiger charge is 2.32. The first-order valence-corrected chi connectivity index (χ1v) is 8.95. The molecule has 4 rings (SSSR count). The molecule has 27 heavy (non-hydrogen) atoms. The molecule has 0 spiro atoms. The van der Waals surface area contributed by atoms with Crippen LogP contribution in [0.3, 0.4) is 0 Å². The zero-order valence-corrected chi connectivity index (χ0v) is 15.3. The van der Waals surface area contributed by atoms with Gasteiger partial charge in [0.2, 0.25) is 5.91 Å². The molecule has 1 N–H and O–H groups in total. The van der Waals surface area contributed by atoms with Crippen molar-refractivity contribution in [1.29, 1.82) is 0 Å². The lowest BCUT2D eigenvalue weighted by Gasteiger charge is -2.25. The monoisotopic (exact) mass is 363 g/mol. The third-order valence-corrected chi connectivity index (χ3v) is 4.73. The number of anilines is 1. The molecule has 138 valence electrons. The van der Waals surface area contributed by atoms with E-state index in [1.165, 1.54) is 0 Å². The topological polar surface area (TPSA) is 65.4 Å². The number of methoxy groups -OCH3 is 1. The van der Waals surface area contributed by atoms with Gasteiger partial charge < -0.3 is 14.8 Å². The van der Waals surface area contributed by atoms with Crippen molar-refractivity contribution in [3.63, 3.8) is 0 Å². The molecule has 0 saturated heterocycles. The van der Waals surface area contributed by atoms with Crippen LogP contribution in [0.2, 0.25) is 0 Å². The predicted octanol–water partition coefficient (Wildman–Crippen LogP) is 3.75. The highest BCUT2D eigenvalue weighted by atomic mass is 16.5. The number of fused-ring (bicyclic) bond motifs is 1. The lowest BCUT2D eigenvalue weighted by molar-refractivity contribution is -0.116. The number of para-hydroxylation sites is 1. The maximum Gasteiger partial charge on any atom is 0.226 e. The normalized spacial score (nSPS) is 15.8. The molecule has 0 bridgehead atoms. The first kappa shape index (κ1) is 17.1. The molecule has 0 fully saturated rings. The van der Waals surface area contributed by atoms with Gasteiger partial charge >= 0.3 is 0 Å². The quantitative estimate of drug-likeness (QED) is 0.750. The Hall–Kier alpha value is -3.28. The summed E-state index contributed by atoms with van der Waals surface area (Å²) in [6, 6.07) is 15.4. The molecular formula is C21H21N3O3. The van der Waals surface area contributed by atoms with E-state index < -0.39 is 0 Å². The van der Waals surface area contributed by atoms with Crippen LogP contribution >= 0.6 is 0 Å². The summed E-state index contributed by atoms with van der Waals surface area (Å²) in [7, 11) is 1.63. The Bertz CT molecular complexity index is 963. The molecule has 6 heteroatoms. The lowest BCUT2D eigenvalue weighted by Crippen LogP contribution is -2.24. The standard InChI is InChI=1S/C21H21N3O3/c1-3-27-19-7-5-4-6-16(19)17-12-20(25)23-21-18(17)13-22-24(21)14-8-10-15(26-2)11-9-14/h4-11,13,17H,3,12H2,1-2H3,(H,23,25). The van der Waals surface area contributed by atoms with Crippen molar-refractivity contribution in [1.82, 2.24) is 9.78 Å². The fourth-order valence-corrected chi connectivity index (χ4v) is 3.47. The van der Waals surface area contributed by atoms with Gasteiger partial charge in [0.25, 0.3) is 0 Å². The fourth-order valence-electron chi connectivity index (χ4n) is 3.47. The van der Waals surface area contributed by atoms with Gasteiger partial charge in [-0.1, -0.05) is 18.2 Å². The van der Waals surface area contributed by atoms with E-state index in [0.29, 0.717) is 18.8 Å². The Morgan fingerprint density at radius 3 is 2.67 bits per heavy atom. The van der Waals surface area contributed by atoms with E-state index in [1.54, 1.807) is 11.8 Å². The van der Waals surface area contributed by atoms with Crippen molar-refractivity contribution >= 4 is 11.7 Å². The molecule has 2 heterocycles. The van der Waals surface area contributed by atoms with Gasteiger partial charge in [-0.2, -0.15) is 5.10 Å². The highest BCUT2D eigenvalue weighted by molar-refractivity contribution is 5.94. The number of hydrogen-bond acceptors (Lipinski definition) is 4. The van der Waals surface area contributed by atoms with Crippen LogP contribution < -0.4 is 14.8 Å². The second kappa shape index (κ2) is 7.15. The van der Waals surface area contributed by atoms with Gasteiger partial charge in [-0.3, -0.25) is 4.79 Å². The average molecular weight is 363 g/mol. The van der Waals surface area contributed by atoms with Crippen molar-refractivity contribution in [2.24, 2.45) is 0 Å². The van der Waals surface area contributed by atoms with E-state index in [1.807, 2.05) is 61.7 Å². The van der Waals surface area contributed by atoms with Gasteiger partial charge in [-0.05, 0) is 37.3 Å². The predicted molar refractivity (Wildman–Crippen MR) is 103 cm³/mol. The first-order valence-electron chi connectivity index (χ1n) is 8.95. The number of rotatable bonds is 5. The van der Waals surface area contributed by atoms with Crippen molar-refractivity contribution in [3.8, 4) is 17.2 Å². The second-order valence-electron chi connectivity index (χ2n) is 6.33. The van der Waals surface area contributed by atoms with Crippen LogP contribution in [0.25, 0.3) is 5.69 Å². The van der Waals surface area contributed by atoms with E-state index in [4.69, 9.17) is 9.47 Å². The zero-order valence-electron chi connectivity index (χ0n) is 15.3. The van der Waals surface area contributed by atoms with Crippen molar-refractivity contribution in [3.05, 3.63) is 65.9 Å². The summed E-state index contributed by atoms with van der Waals surface area (Å²) in [5.41, 5.74) is 2.85. The number of carbonyl (C=O) groups excluding carboxylic acids is 1. The Morgan fingerprint density at radius 1 is 1.15 bits per heavy atom. The molecule has 6 nitrogen and oxygen atoms in total. The summed E-state index contributed by atoms with van der Waals surface area (Å²) in [4.78, 5) is 12.4. The Morgan fingerprint density at radius 2 is 1.93 bits per heavy atom. The second-order valence-corrected chi connectivity index (χ2v) is 6.33. The summed E-state index contributed by atoms with van der Waals surface area (Å²) < 4.78 is 12.8. The van der Waals surface area contributed by atoms with Crippen molar-refractivity contribution in [2.45, 2.75) is 19.3 Å². The molecule has 1 unspecified atom stereocenters. The SMILES string of the molecule is CCOc1ccccc1C1CC(=O)Nc2c1cnn2-c1ccc(OC)cc1. The summed E-state index contributed by atoms with van der Waals surface area (Å²) in [6.07, 6.45) is 2.19. The first-order chi connectivity index (χ1) is 13.2. The smallest absolute Gasteiger partial charge is 0.226 e. The molecule has 0 saturated carbocycles. The van der Waals surface area contributed by atoms with Gasteiger partial charge in [0.05, 0.1) is 25.6 Å². The van der Waals surface area contributed by atoms with Crippen molar-refractivity contribution < 1.29 is 14.3 Å². The van der Waals surface area contributed by atoms with Crippen LogP contribution in [0.1, 0.15) is 30.4 Å².